The van der Waals surface area contributed by atoms with E-state index < -0.39 is 0 Å². The summed E-state index contributed by atoms with van der Waals surface area (Å²) in [4.78, 5) is 29.7. The number of benzene rings is 1. The van der Waals surface area contributed by atoms with Crippen LogP contribution in [0, 0.1) is 6.92 Å². The molecule has 0 bridgehead atoms. The number of alkyl halides is 1. The summed E-state index contributed by atoms with van der Waals surface area (Å²) in [5.74, 6) is 0.250. The van der Waals surface area contributed by atoms with Gasteiger partial charge in [-0.25, -0.2) is 0 Å². The number of anilines is 2. The first kappa shape index (κ1) is 22.0. The standard InChI is InChI=1S/C24H27ClN4O3/c1-4-5-20(31)27-16-8-17(28(3)13-16)6-7-21(32)29-12-15(10-25)23-18(29)9-19(30)24-22(23)14(2)11-26-24/h6-9,11,13,15,26,30H,4-5,10,12H2,1-3H3,(H,27,31). The molecule has 0 spiro atoms. The van der Waals surface area contributed by atoms with Crippen LogP contribution < -0.4 is 10.2 Å². The van der Waals surface area contributed by atoms with Gasteiger partial charge in [0.15, 0.2) is 0 Å². The quantitative estimate of drug-likeness (QED) is 0.374. The van der Waals surface area contributed by atoms with E-state index in [9.17, 15) is 14.7 Å². The van der Waals surface area contributed by atoms with Crippen LogP contribution in [0.5, 0.6) is 5.75 Å². The number of H-pyrrole nitrogens is 1. The molecule has 1 unspecified atom stereocenters. The van der Waals surface area contributed by atoms with Gasteiger partial charge in [0.05, 0.1) is 16.9 Å². The second-order valence-electron chi connectivity index (χ2n) is 8.25. The highest BCUT2D eigenvalue weighted by molar-refractivity contribution is 6.19. The summed E-state index contributed by atoms with van der Waals surface area (Å²) < 4.78 is 1.85. The Morgan fingerprint density at radius 2 is 2.16 bits per heavy atom. The molecule has 3 heterocycles. The van der Waals surface area contributed by atoms with Crippen LogP contribution in [0.4, 0.5) is 11.4 Å². The summed E-state index contributed by atoms with van der Waals surface area (Å²) in [6.07, 6.45) is 8.16. The first-order chi connectivity index (χ1) is 15.3. The molecule has 4 rings (SSSR count). The highest BCUT2D eigenvalue weighted by Gasteiger charge is 2.34. The topological polar surface area (TPSA) is 90.4 Å². The number of phenolic OH excluding ortho intramolecular Hbond substituents is 1. The van der Waals surface area contributed by atoms with Crippen molar-refractivity contribution in [1.82, 2.24) is 9.55 Å². The Bertz CT molecular complexity index is 1220. The molecule has 32 heavy (non-hydrogen) atoms. The molecule has 0 radical (unpaired) electrons. The molecule has 1 atom stereocenters. The molecule has 2 amide bonds. The molecule has 1 aliphatic heterocycles. The first-order valence-corrected chi connectivity index (χ1v) is 11.2. The van der Waals surface area contributed by atoms with Gasteiger partial charge >= 0.3 is 0 Å². The maximum absolute atomic E-state index is 13.1. The molecule has 2 aromatic heterocycles. The second-order valence-corrected chi connectivity index (χ2v) is 8.55. The van der Waals surface area contributed by atoms with Gasteiger partial charge in [-0.15, -0.1) is 11.6 Å². The summed E-state index contributed by atoms with van der Waals surface area (Å²) >= 11 is 6.26. The van der Waals surface area contributed by atoms with E-state index in [2.05, 4.69) is 10.3 Å². The number of phenols is 1. The van der Waals surface area contributed by atoms with Crippen molar-refractivity contribution >= 4 is 51.8 Å². The van der Waals surface area contributed by atoms with Crippen LogP contribution in [0.15, 0.2) is 30.6 Å². The fraction of sp³-hybridized carbons (Fsp3) is 0.333. The van der Waals surface area contributed by atoms with Crippen molar-refractivity contribution < 1.29 is 14.7 Å². The third kappa shape index (κ3) is 3.88. The molecule has 168 valence electrons. The normalized spacial score (nSPS) is 15.6. The number of amides is 2. The lowest BCUT2D eigenvalue weighted by Crippen LogP contribution is -2.28. The number of fused-ring (bicyclic) bond motifs is 3. The lowest BCUT2D eigenvalue weighted by atomic mass is 9.97. The molecule has 7 nitrogen and oxygen atoms in total. The van der Waals surface area contributed by atoms with Gasteiger partial charge in [0, 0.05) is 67.4 Å². The number of rotatable bonds is 6. The number of nitrogens with zero attached hydrogens (tertiary/aromatic N) is 2. The number of carbonyl (C=O) groups is 2. The predicted octanol–water partition coefficient (Wildman–Crippen LogP) is 4.64. The smallest absolute Gasteiger partial charge is 0.251 e. The van der Waals surface area contributed by atoms with Crippen LogP contribution in [-0.2, 0) is 16.6 Å². The monoisotopic (exact) mass is 454 g/mol. The Kier molecular flexibility index (Phi) is 6.02. The number of nitrogens with one attached hydrogen (secondary N) is 2. The van der Waals surface area contributed by atoms with Gasteiger partial charge in [0.2, 0.25) is 5.91 Å². The summed E-state index contributed by atoms with van der Waals surface area (Å²) in [7, 11) is 1.86. The largest absolute Gasteiger partial charge is 0.506 e. The summed E-state index contributed by atoms with van der Waals surface area (Å²) in [6.45, 7) is 4.38. The second kappa shape index (κ2) is 8.74. The third-order valence-electron chi connectivity index (χ3n) is 5.91. The van der Waals surface area contributed by atoms with E-state index in [0.29, 0.717) is 35.7 Å². The van der Waals surface area contributed by atoms with Crippen LogP contribution in [0.1, 0.15) is 42.5 Å². The number of carbonyl (C=O) groups excluding carboxylic acids is 2. The zero-order valence-corrected chi connectivity index (χ0v) is 19.2. The van der Waals surface area contributed by atoms with Crippen molar-refractivity contribution in [2.45, 2.75) is 32.6 Å². The summed E-state index contributed by atoms with van der Waals surface area (Å²) in [5, 5.41) is 14.3. The number of aryl methyl sites for hydroxylation is 2. The molecular formula is C24H27ClN4O3. The number of hydrogen-bond acceptors (Lipinski definition) is 3. The lowest BCUT2D eigenvalue weighted by Gasteiger charge is -2.16. The first-order valence-electron chi connectivity index (χ1n) is 10.7. The van der Waals surface area contributed by atoms with E-state index in [-0.39, 0.29) is 23.5 Å². The number of aromatic amines is 1. The molecule has 1 aliphatic rings. The number of aromatic hydroxyl groups is 1. The highest BCUT2D eigenvalue weighted by Crippen LogP contribution is 2.46. The number of aromatic nitrogens is 2. The average Bonchev–Trinajstić information content (AvgIpc) is 3.41. The minimum absolute atomic E-state index is 0.0166. The number of halogens is 1. The van der Waals surface area contributed by atoms with E-state index in [1.807, 2.05) is 43.9 Å². The molecule has 0 saturated heterocycles. The van der Waals surface area contributed by atoms with E-state index in [4.69, 9.17) is 11.6 Å². The van der Waals surface area contributed by atoms with Crippen molar-refractivity contribution in [2.75, 3.05) is 22.6 Å². The molecule has 3 aromatic rings. The van der Waals surface area contributed by atoms with Crippen LogP contribution >= 0.6 is 11.6 Å². The molecule has 3 N–H and O–H groups in total. The van der Waals surface area contributed by atoms with Crippen LogP contribution in [-0.4, -0.2) is 38.9 Å². The van der Waals surface area contributed by atoms with Gasteiger partial charge in [-0.1, -0.05) is 6.92 Å². The molecule has 1 aromatic carbocycles. The van der Waals surface area contributed by atoms with E-state index in [1.165, 1.54) is 6.08 Å². The van der Waals surface area contributed by atoms with Gasteiger partial charge in [-0.05, 0) is 36.6 Å². The SMILES string of the molecule is CCCC(=O)Nc1cc(C=CC(=O)N2CC(CCl)c3c2cc(O)c2[nH]cc(C)c32)n(C)c1. The Hall–Kier alpha value is -3.19. The Morgan fingerprint density at radius 3 is 2.88 bits per heavy atom. The van der Waals surface area contributed by atoms with Crippen molar-refractivity contribution in [3.63, 3.8) is 0 Å². The summed E-state index contributed by atoms with van der Waals surface area (Å²) in [6, 6.07) is 3.46. The minimum Gasteiger partial charge on any atom is -0.506 e. The third-order valence-corrected chi connectivity index (χ3v) is 6.28. The zero-order valence-electron chi connectivity index (χ0n) is 18.4. The Labute approximate surface area is 191 Å². The van der Waals surface area contributed by atoms with Crippen LogP contribution in [0.3, 0.4) is 0 Å². The van der Waals surface area contributed by atoms with Crippen molar-refractivity contribution in [2.24, 2.45) is 7.05 Å². The maximum Gasteiger partial charge on any atom is 0.251 e. The van der Waals surface area contributed by atoms with Crippen molar-refractivity contribution in [1.29, 1.82) is 0 Å². The van der Waals surface area contributed by atoms with E-state index in [0.717, 1.165) is 28.6 Å². The van der Waals surface area contributed by atoms with Gasteiger partial charge < -0.3 is 24.9 Å². The van der Waals surface area contributed by atoms with Gasteiger partial charge in [0.1, 0.15) is 5.75 Å². The Morgan fingerprint density at radius 1 is 1.38 bits per heavy atom. The van der Waals surface area contributed by atoms with E-state index in [1.54, 1.807) is 17.0 Å². The fourth-order valence-corrected chi connectivity index (χ4v) is 4.62. The van der Waals surface area contributed by atoms with E-state index >= 15 is 0 Å². The fourth-order valence-electron chi connectivity index (χ4n) is 4.37. The minimum atomic E-state index is -0.191. The highest BCUT2D eigenvalue weighted by atomic mass is 35.5. The molecule has 0 fully saturated rings. The summed E-state index contributed by atoms with van der Waals surface area (Å²) in [5.41, 5.74) is 4.85. The van der Waals surface area contributed by atoms with Gasteiger partial charge in [-0.2, -0.15) is 0 Å². The number of hydrogen-bond donors (Lipinski definition) is 3. The van der Waals surface area contributed by atoms with Gasteiger partial charge in [-0.3, -0.25) is 9.59 Å². The zero-order chi connectivity index (χ0) is 23.0. The molecular weight excluding hydrogens is 428 g/mol. The molecule has 0 aliphatic carbocycles. The van der Waals surface area contributed by atoms with Gasteiger partial charge in [0.25, 0.3) is 5.91 Å². The predicted molar refractivity (Wildman–Crippen MR) is 128 cm³/mol. The lowest BCUT2D eigenvalue weighted by molar-refractivity contribution is -0.116. The Balaban J connectivity index is 1.61. The van der Waals surface area contributed by atoms with Crippen LogP contribution in [0.25, 0.3) is 17.0 Å². The van der Waals surface area contributed by atoms with Crippen molar-refractivity contribution in [3.05, 3.63) is 47.4 Å². The molecule has 8 heteroatoms. The average molecular weight is 455 g/mol. The van der Waals surface area contributed by atoms with Crippen molar-refractivity contribution in [3.8, 4) is 5.75 Å². The maximum atomic E-state index is 13.1. The molecule has 0 saturated carbocycles. The van der Waals surface area contributed by atoms with Crippen LogP contribution in [0.2, 0.25) is 0 Å².